The van der Waals surface area contributed by atoms with Crippen LogP contribution in [0.1, 0.15) is 18.4 Å². The molecule has 1 unspecified atom stereocenters. The number of carboxylic acid groups (broad SMARTS) is 1. The zero-order valence-electron chi connectivity index (χ0n) is 13.9. The van der Waals surface area contributed by atoms with E-state index in [0.29, 0.717) is 25.8 Å². The molecule has 25 heavy (non-hydrogen) atoms. The first-order valence-electron chi connectivity index (χ1n) is 8.29. The number of nitrogens with two attached hydrogens (primary N) is 1. The molecule has 8 nitrogen and oxygen atoms in total. The van der Waals surface area contributed by atoms with E-state index in [0.717, 1.165) is 5.56 Å². The number of aryl methyl sites for hydroxylation is 1. The van der Waals surface area contributed by atoms with Crippen molar-refractivity contribution in [2.24, 2.45) is 5.73 Å². The van der Waals surface area contributed by atoms with Crippen LogP contribution in [0.3, 0.4) is 0 Å². The normalized spacial score (nSPS) is 20.7. The number of carbonyl (C=O) groups excluding carboxylic acids is 2. The average molecular weight is 348 g/mol. The maximum atomic E-state index is 12.3. The minimum absolute atomic E-state index is 0.103. The van der Waals surface area contributed by atoms with Gasteiger partial charge in [0, 0.05) is 12.6 Å². The molecule has 8 heteroatoms. The van der Waals surface area contributed by atoms with Crippen molar-refractivity contribution in [3.05, 3.63) is 35.9 Å². The third kappa shape index (κ3) is 5.84. The van der Waals surface area contributed by atoms with Crippen LogP contribution in [0.5, 0.6) is 0 Å². The summed E-state index contributed by atoms with van der Waals surface area (Å²) in [5.74, 6) is -1.71. The van der Waals surface area contributed by atoms with E-state index >= 15 is 0 Å². The first kappa shape index (κ1) is 18.9. The topological polar surface area (TPSA) is 134 Å². The minimum Gasteiger partial charge on any atom is -0.480 e. The molecule has 1 heterocycles. The second-order valence-electron chi connectivity index (χ2n) is 6.09. The van der Waals surface area contributed by atoms with Gasteiger partial charge in [0.05, 0.1) is 12.6 Å². The molecule has 0 spiro atoms. The highest BCUT2D eigenvalue weighted by Gasteiger charge is 2.32. The number of hydrogen-bond donors (Lipinski definition) is 5. The van der Waals surface area contributed by atoms with Crippen molar-refractivity contribution in [3.8, 4) is 0 Å². The zero-order valence-corrected chi connectivity index (χ0v) is 13.9. The van der Waals surface area contributed by atoms with Crippen LogP contribution in [0.4, 0.5) is 0 Å². The van der Waals surface area contributed by atoms with E-state index < -0.39 is 18.1 Å². The fourth-order valence-electron chi connectivity index (χ4n) is 2.82. The Morgan fingerprint density at radius 2 is 2.00 bits per heavy atom. The van der Waals surface area contributed by atoms with Gasteiger partial charge in [0.1, 0.15) is 6.04 Å². The van der Waals surface area contributed by atoms with Crippen molar-refractivity contribution < 1.29 is 19.5 Å². The number of amides is 2. The Bertz CT molecular complexity index is 608. The summed E-state index contributed by atoms with van der Waals surface area (Å²) in [6, 6.07) is 7.86. The van der Waals surface area contributed by atoms with E-state index in [4.69, 9.17) is 5.73 Å². The summed E-state index contributed by atoms with van der Waals surface area (Å²) in [5, 5.41) is 17.6. The van der Waals surface area contributed by atoms with Gasteiger partial charge in [-0.1, -0.05) is 30.3 Å². The summed E-state index contributed by atoms with van der Waals surface area (Å²) >= 11 is 0. The van der Waals surface area contributed by atoms with Crippen LogP contribution in [0.15, 0.2) is 30.3 Å². The summed E-state index contributed by atoms with van der Waals surface area (Å²) in [4.78, 5) is 35.0. The van der Waals surface area contributed by atoms with Gasteiger partial charge < -0.3 is 26.8 Å². The summed E-state index contributed by atoms with van der Waals surface area (Å²) in [6.07, 6.45) is 1.28. The fourth-order valence-corrected chi connectivity index (χ4v) is 2.82. The third-order valence-corrected chi connectivity index (χ3v) is 4.18. The Morgan fingerprint density at radius 3 is 2.64 bits per heavy atom. The van der Waals surface area contributed by atoms with Crippen molar-refractivity contribution in [1.82, 2.24) is 16.0 Å². The van der Waals surface area contributed by atoms with Gasteiger partial charge in [0.2, 0.25) is 11.8 Å². The fraction of sp³-hybridized carbons (Fsp3) is 0.471. The smallest absolute Gasteiger partial charge is 0.326 e. The number of carbonyl (C=O) groups is 3. The SMILES string of the molecule is NCC(=O)NC1CN[C@H](C(=O)N[C@H](CCc2ccccc2)C(=O)O)C1. The maximum absolute atomic E-state index is 12.3. The van der Waals surface area contributed by atoms with Crippen molar-refractivity contribution in [2.75, 3.05) is 13.1 Å². The number of benzene rings is 1. The molecule has 2 amide bonds. The van der Waals surface area contributed by atoms with E-state index in [1.807, 2.05) is 30.3 Å². The molecule has 1 aliphatic heterocycles. The molecule has 1 saturated heterocycles. The predicted octanol–water partition coefficient (Wildman–Crippen LogP) is -1.01. The van der Waals surface area contributed by atoms with Gasteiger partial charge >= 0.3 is 5.97 Å². The van der Waals surface area contributed by atoms with Crippen LogP contribution in [0.2, 0.25) is 0 Å². The highest BCUT2D eigenvalue weighted by atomic mass is 16.4. The number of hydrogen-bond acceptors (Lipinski definition) is 5. The van der Waals surface area contributed by atoms with Crippen molar-refractivity contribution in [2.45, 2.75) is 37.4 Å². The van der Waals surface area contributed by atoms with Crippen LogP contribution < -0.4 is 21.7 Å². The quantitative estimate of drug-likeness (QED) is 0.409. The Hall–Kier alpha value is -2.45. The van der Waals surface area contributed by atoms with Crippen LogP contribution in [0.25, 0.3) is 0 Å². The molecular weight excluding hydrogens is 324 g/mol. The maximum Gasteiger partial charge on any atom is 0.326 e. The lowest BCUT2D eigenvalue weighted by molar-refractivity contribution is -0.142. The van der Waals surface area contributed by atoms with E-state index in [1.165, 1.54) is 0 Å². The van der Waals surface area contributed by atoms with Crippen molar-refractivity contribution >= 4 is 17.8 Å². The van der Waals surface area contributed by atoms with E-state index in [1.54, 1.807) is 0 Å². The first-order valence-corrected chi connectivity index (χ1v) is 8.29. The zero-order chi connectivity index (χ0) is 18.2. The highest BCUT2D eigenvalue weighted by molar-refractivity contribution is 5.87. The second-order valence-corrected chi connectivity index (χ2v) is 6.09. The number of aliphatic carboxylic acids is 1. The molecule has 1 aliphatic rings. The van der Waals surface area contributed by atoms with Gasteiger partial charge in [-0.15, -0.1) is 0 Å². The summed E-state index contributed by atoms with van der Waals surface area (Å²) in [7, 11) is 0. The van der Waals surface area contributed by atoms with E-state index in [-0.39, 0.29) is 24.4 Å². The van der Waals surface area contributed by atoms with Crippen LogP contribution >= 0.6 is 0 Å². The lowest BCUT2D eigenvalue weighted by Gasteiger charge is -2.18. The largest absolute Gasteiger partial charge is 0.480 e. The number of nitrogens with one attached hydrogen (secondary N) is 3. The molecule has 0 aliphatic carbocycles. The van der Waals surface area contributed by atoms with Crippen molar-refractivity contribution in [3.63, 3.8) is 0 Å². The Kier molecular flexibility index (Phi) is 6.91. The van der Waals surface area contributed by atoms with E-state index in [9.17, 15) is 19.5 Å². The molecular formula is C17H24N4O4. The molecule has 1 fully saturated rings. The molecule has 0 bridgehead atoms. The molecule has 2 rings (SSSR count). The second kappa shape index (κ2) is 9.14. The Morgan fingerprint density at radius 1 is 1.28 bits per heavy atom. The molecule has 0 aromatic heterocycles. The summed E-state index contributed by atoms with van der Waals surface area (Å²) in [6.45, 7) is 0.347. The molecule has 3 atom stereocenters. The van der Waals surface area contributed by atoms with Crippen LogP contribution in [-0.4, -0.2) is 54.1 Å². The molecule has 0 saturated carbocycles. The van der Waals surface area contributed by atoms with Gasteiger partial charge in [-0.25, -0.2) is 4.79 Å². The molecule has 136 valence electrons. The molecule has 6 N–H and O–H groups in total. The number of rotatable bonds is 8. The van der Waals surface area contributed by atoms with Crippen LogP contribution in [0, 0.1) is 0 Å². The van der Waals surface area contributed by atoms with Gasteiger partial charge in [0.25, 0.3) is 0 Å². The number of carboxylic acids is 1. The predicted molar refractivity (Wildman–Crippen MR) is 91.7 cm³/mol. The highest BCUT2D eigenvalue weighted by Crippen LogP contribution is 2.09. The monoisotopic (exact) mass is 348 g/mol. The van der Waals surface area contributed by atoms with Gasteiger partial charge in [-0.05, 0) is 24.8 Å². The molecule has 0 radical (unpaired) electrons. The molecule has 1 aromatic carbocycles. The van der Waals surface area contributed by atoms with E-state index in [2.05, 4.69) is 16.0 Å². The lowest BCUT2D eigenvalue weighted by atomic mass is 10.0. The minimum atomic E-state index is -1.06. The average Bonchev–Trinajstić information content (AvgIpc) is 3.07. The third-order valence-electron chi connectivity index (χ3n) is 4.18. The van der Waals surface area contributed by atoms with Gasteiger partial charge in [0.15, 0.2) is 0 Å². The Balaban J connectivity index is 1.84. The first-order chi connectivity index (χ1) is 12.0. The standard InChI is InChI=1S/C17H24N4O4/c18-9-15(22)20-12-8-14(19-10-12)16(23)21-13(17(24)25)7-6-11-4-2-1-3-5-11/h1-5,12-14,19H,6-10,18H2,(H,20,22)(H,21,23)(H,24,25)/t12?,13-,14+/m1/s1. The molecule has 1 aromatic rings. The lowest BCUT2D eigenvalue weighted by Crippen LogP contribution is -2.48. The van der Waals surface area contributed by atoms with Gasteiger partial charge in [-0.3, -0.25) is 9.59 Å². The van der Waals surface area contributed by atoms with Gasteiger partial charge in [-0.2, -0.15) is 0 Å². The Labute approximate surface area is 146 Å². The van der Waals surface area contributed by atoms with Crippen molar-refractivity contribution in [1.29, 1.82) is 0 Å². The summed E-state index contributed by atoms with van der Waals surface area (Å²) < 4.78 is 0. The van der Waals surface area contributed by atoms with Crippen LogP contribution in [-0.2, 0) is 20.8 Å². The summed E-state index contributed by atoms with van der Waals surface area (Å²) in [5.41, 5.74) is 6.27.